The van der Waals surface area contributed by atoms with Gasteiger partial charge in [-0.05, 0) is 35.9 Å². The summed E-state index contributed by atoms with van der Waals surface area (Å²) in [6, 6.07) is 11.7. The smallest absolute Gasteiger partial charge is 0.251 e. The first-order valence-corrected chi connectivity index (χ1v) is 6.75. The number of methoxy groups -OCH3 is 1. The number of rotatable bonds is 4. The number of halogens is 2. The van der Waals surface area contributed by atoms with Crippen molar-refractivity contribution in [3.05, 3.63) is 63.9 Å². The summed E-state index contributed by atoms with van der Waals surface area (Å²) in [5.41, 5.74) is 1.34. The first kappa shape index (κ1) is 14.5. The molecule has 5 heteroatoms. The predicted molar refractivity (Wildman–Crippen MR) is 78.3 cm³/mol. The van der Waals surface area contributed by atoms with Crippen LogP contribution in [0.5, 0.6) is 5.75 Å². The van der Waals surface area contributed by atoms with Crippen molar-refractivity contribution in [2.45, 2.75) is 6.54 Å². The van der Waals surface area contributed by atoms with Crippen LogP contribution in [-0.4, -0.2) is 13.0 Å². The number of amides is 1. The molecular weight excluding hydrogens is 325 g/mol. The number of hydrogen-bond acceptors (Lipinski definition) is 2. The zero-order chi connectivity index (χ0) is 14.5. The van der Waals surface area contributed by atoms with Crippen LogP contribution in [0.15, 0.2) is 46.9 Å². The number of nitrogens with one attached hydrogen (secondary N) is 1. The van der Waals surface area contributed by atoms with Crippen LogP contribution in [0.3, 0.4) is 0 Å². The molecule has 104 valence electrons. The molecule has 2 aromatic rings. The van der Waals surface area contributed by atoms with Crippen molar-refractivity contribution in [3.8, 4) is 5.75 Å². The zero-order valence-electron chi connectivity index (χ0n) is 10.8. The standard InChI is InChI=1S/C15H13BrFNO2/c1-20-14-8-11(4-7-13(14)17)15(19)18-9-10-2-5-12(16)6-3-10/h2-8H,9H2,1H3,(H,18,19). The fourth-order valence-corrected chi connectivity index (χ4v) is 1.95. The Hall–Kier alpha value is -1.88. The Labute approximate surface area is 124 Å². The van der Waals surface area contributed by atoms with Gasteiger partial charge in [-0.1, -0.05) is 28.1 Å². The normalized spacial score (nSPS) is 10.2. The fourth-order valence-electron chi connectivity index (χ4n) is 1.69. The molecule has 0 radical (unpaired) electrons. The van der Waals surface area contributed by atoms with E-state index in [1.54, 1.807) is 0 Å². The Morgan fingerprint density at radius 2 is 1.95 bits per heavy atom. The third kappa shape index (κ3) is 3.57. The lowest BCUT2D eigenvalue weighted by atomic mass is 10.2. The molecule has 0 aliphatic rings. The molecule has 0 aliphatic carbocycles. The van der Waals surface area contributed by atoms with Crippen molar-refractivity contribution < 1.29 is 13.9 Å². The molecule has 0 heterocycles. The monoisotopic (exact) mass is 337 g/mol. The molecule has 0 spiro atoms. The average molecular weight is 338 g/mol. The molecule has 0 saturated heterocycles. The van der Waals surface area contributed by atoms with Gasteiger partial charge in [0.2, 0.25) is 0 Å². The van der Waals surface area contributed by atoms with Crippen molar-refractivity contribution in [1.82, 2.24) is 5.32 Å². The number of benzene rings is 2. The van der Waals surface area contributed by atoms with Crippen LogP contribution >= 0.6 is 15.9 Å². The maximum absolute atomic E-state index is 13.3. The van der Waals surface area contributed by atoms with Gasteiger partial charge in [-0.15, -0.1) is 0 Å². The van der Waals surface area contributed by atoms with Gasteiger partial charge in [-0.2, -0.15) is 0 Å². The van der Waals surface area contributed by atoms with Crippen LogP contribution in [0.1, 0.15) is 15.9 Å². The third-order valence-corrected chi connectivity index (χ3v) is 3.31. The van der Waals surface area contributed by atoms with E-state index in [1.807, 2.05) is 24.3 Å². The second-order valence-corrected chi connectivity index (χ2v) is 5.07. The summed E-state index contributed by atoms with van der Waals surface area (Å²) in [5.74, 6) is -0.704. The minimum absolute atomic E-state index is 0.0568. The molecule has 3 nitrogen and oxygen atoms in total. The minimum atomic E-state index is -0.489. The molecule has 0 aromatic heterocycles. The van der Waals surface area contributed by atoms with Gasteiger partial charge >= 0.3 is 0 Å². The summed E-state index contributed by atoms with van der Waals surface area (Å²) in [6.07, 6.45) is 0. The second kappa shape index (κ2) is 6.52. The summed E-state index contributed by atoms with van der Waals surface area (Å²) in [6.45, 7) is 0.409. The van der Waals surface area contributed by atoms with Gasteiger partial charge in [-0.3, -0.25) is 4.79 Å². The van der Waals surface area contributed by atoms with Crippen LogP contribution in [0.4, 0.5) is 4.39 Å². The number of hydrogen-bond donors (Lipinski definition) is 1. The topological polar surface area (TPSA) is 38.3 Å². The van der Waals surface area contributed by atoms with Crippen molar-refractivity contribution in [2.24, 2.45) is 0 Å². The van der Waals surface area contributed by atoms with E-state index in [0.717, 1.165) is 10.0 Å². The highest BCUT2D eigenvalue weighted by atomic mass is 79.9. The van der Waals surface area contributed by atoms with E-state index in [2.05, 4.69) is 21.2 Å². The van der Waals surface area contributed by atoms with E-state index in [9.17, 15) is 9.18 Å². The highest BCUT2D eigenvalue weighted by Gasteiger charge is 2.09. The molecule has 2 rings (SSSR count). The first-order valence-electron chi connectivity index (χ1n) is 5.96. The van der Waals surface area contributed by atoms with Crippen LogP contribution in [0.2, 0.25) is 0 Å². The lowest BCUT2D eigenvalue weighted by molar-refractivity contribution is 0.0950. The molecule has 0 unspecified atom stereocenters. The lowest BCUT2D eigenvalue weighted by Crippen LogP contribution is -2.22. The Kier molecular flexibility index (Phi) is 4.74. The fraction of sp³-hybridized carbons (Fsp3) is 0.133. The van der Waals surface area contributed by atoms with Crippen LogP contribution in [-0.2, 0) is 6.54 Å². The van der Waals surface area contributed by atoms with E-state index in [0.29, 0.717) is 12.1 Å². The molecule has 0 saturated carbocycles. The molecule has 1 N–H and O–H groups in total. The molecule has 2 aromatic carbocycles. The maximum Gasteiger partial charge on any atom is 0.251 e. The lowest BCUT2D eigenvalue weighted by Gasteiger charge is -2.07. The SMILES string of the molecule is COc1cc(C(=O)NCc2ccc(Br)cc2)ccc1F. The van der Waals surface area contributed by atoms with Gasteiger partial charge in [0.05, 0.1) is 7.11 Å². The maximum atomic E-state index is 13.3. The van der Waals surface area contributed by atoms with Gasteiger partial charge in [0.15, 0.2) is 11.6 Å². The Balaban J connectivity index is 2.03. The van der Waals surface area contributed by atoms with E-state index in [1.165, 1.54) is 25.3 Å². The summed E-state index contributed by atoms with van der Waals surface area (Å²) in [7, 11) is 1.36. The number of carbonyl (C=O) groups excluding carboxylic acids is 1. The van der Waals surface area contributed by atoms with E-state index in [-0.39, 0.29) is 11.7 Å². The highest BCUT2D eigenvalue weighted by Crippen LogP contribution is 2.18. The van der Waals surface area contributed by atoms with Crippen LogP contribution < -0.4 is 10.1 Å². The molecule has 1 amide bonds. The summed E-state index contributed by atoms with van der Waals surface area (Å²) < 4.78 is 19.1. The number of carbonyl (C=O) groups is 1. The third-order valence-electron chi connectivity index (χ3n) is 2.78. The molecule has 20 heavy (non-hydrogen) atoms. The molecule has 0 atom stereocenters. The van der Waals surface area contributed by atoms with Gasteiger partial charge in [0.1, 0.15) is 0 Å². The van der Waals surface area contributed by atoms with Gasteiger partial charge in [0.25, 0.3) is 5.91 Å². The molecule has 0 bridgehead atoms. The Morgan fingerprint density at radius 1 is 1.25 bits per heavy atom. The van der Waals surface area contributed by atoms with E-state index < -0.39 is 5.82 Å². The highest BCUT2D eigenvalue weighted by molar-refractivity contribution is 9.10. The minimum Gasteiger partial charge on any atom is -0.494 e. The van der Waals surface area contributed by atoms with Gasteiger partial charge in [0, 0.05) is 16.6 Å². The number of ether oxygens (including phenoxy) is 1. The first-order chi connectivity index (χ1) is 9.60. The van der Waals surface area contributed by atoms with Gasteiger partial charge < -0.3 is 10.1 Å². The quantitative estimate of drug-likeness (QED) is 0.926. The Morgan fingerprint density at radius 3 is 2.60 bits per heavy atom. The summed E-state index contributed by atoms with van der Waals surface area (Å²) in [4.78, 5) is 12.0. The van der Waals surface area contributed by atoms with E-state index >= 15 is 0 Å². The molecular formula is C15H13BrFNO2. The average Bonchev–Trinajstić information content (AvgIpc) is 2.47. The van der Waals surface area contributed by atoms with Crippen LogP contribution in [0, 0.1) is 5.82 Å². The van der Waals surface area contributed by atoms with Crippen molar-refractivity contribution >= 4 is 21.8 Å². The summed E-state index contributed by atoms with van der Waals surface area (Å²) >= 11 is 3.35. The predicted octanol–water partition coefficient (Wildman–Crippen LogP) is 3.53. The summed E-state index contributed by atoms with van der Waals surface area (Å²) in [5, 5.41) is 2.77. The largest absolute Gasteiger partial charge is 0.494 e. The van der Waals surface area contributed by atoms with E-state index in [4.69, 9.17) is 4.74 Å². The molecule has 0 aliphatic heterocycles. The molecule has 0 fully saturated rings. The van der Waals surface area contributed by atoms with Crippen molar-refractivity contribution in [1.29, 1.82) is 0 Å². The Bertz CT molecular complexity index is 614. The second-order valence-electron chi connectivity index (χ2n) is 4.16. The van der Waals surface area contributed by atoms with Crippen molar-refractivity contribution in [3.63, 3.8) is 0 Å². The van der Waals surface area contributed by atoms with Gasteiger partial charge in [-0.25, -0.2) is 4.39 Å². The van der Waals surface area contributed by atoms with Crippen LogP contribution in [0.25, 0.3) is 0 Å². The zero-order valence-corrected chi connectivity index (χ0v) is 12.4. The van der Waals surface area contributed by atoms with Crippen molar-refractivity contribution in [2.75, 3.05) is 7.11 Å².